The first-order valence-corrected chi connectivity index (χ1v) is 12.2. The van der Waals surface area contributed by atoms with Gasteiger partial charge in [0.15, 0.2) is 17.4 Å². The Labute approximate surface area is 213 Å². The Morgan fingerprint density at radius 2 is 1.95 bits per heavy atom. The molecule has 1 amide bonds. The van der Waals surface area contributed by atoms with E-state index in [-0.39, 0.29) is 24.4 Å². The maximum atomic E-state index is 11.7. The zero-order valence-electron chi connectivity index (χ0n) is 20.6. The van der Waals surface area contributed by atoms with Gasteiger partial charge in [0.25, 0.3) is 0 Å². The molecule has 0 bridgehead atoms. The Balaban J connectivity index is 1.46. The van der Waals surface area contributed by atoms with Crippen molar-refractivity contribution in [1.29, 1.82) is 5.26 Å². The molecule has 5 rings (SSSR count). The van der Waals surface area contributed by atoms with Crippen LogP contribution in [-0.2, 0) is 16.1 Å². The number of benzene rings is 1. The van der Waals surface area contributed by atoms with Crippen molar-refractivity contribution >= 4 is 23.0 Å². The molecule has 37 heavy (non-hydrogen) atoms. The standard InChI is InChI=1S/C25H29N7O5/c1-14-20(34)21(35)24(37-14)32-22-19(30-25(32)29-18-7-9-31(10-8-18)15(2)33)23(28-13-27-22)36-12-17-5-3-16(11-26)4-6-17/h3-6,13-14,18,20-21,24,34-35H,7-10,12H2,1-2H3,(H,29,30)/t14-,20-,21-,24-/m1/s1. The summed E-state index contributed by atoms with van der Waals surface area (Å²) in [5, 5.41) is 33.5. The van der Waals surface area contributed by atoms with Crippen LogP contribution in [-0.4, -0.2) is 78.0 Å². The average molecular weight is 508 g/mol. The lowest BCUT2D eigenvalue weighted by molar-refractivity contribution is -0.129. The lowest BCUT2D eigenvalue weighted by Gasteiger charge is -2.32. The SMILES string of the molecule is CC(=O)N1CCC(Nc2nc3c(OCc4ccc(C#N)cc4)ncnc3n2[C@@H]2O[C@H](C)[C@@H](O)[C@H]2O)CC1. The van der Waals surface area contributed by atoms with Gasteiger partial charge in [-0.25, -0.2) is 9.97 Å². The molecular weight excluding hydrogens is 478 g/mol. The summed E-state index contributed by atoms with van der Waals surface area (Å²) >= 11 is 0. The summed E-state index contributed by atoms with van der Waals surface area (Å²) < 4.78 is 13.5. The number of rotatable bonds is 6. The van der Waals surface area contributed by atoms with Gasteiger partial charge in [0.05, 0.1) is 17.7 Å². The highest BCUT2D eigenvalue weighted by atomic mass is 16.6. The van der Waals surface area contributed by atoms with E-state index in [1.807, 2.05) is 4.90 Å². The molecular formula is C25H29N7O5. The van der Waals surface area contributed by atoms with Crippen LogP contribution in [0.3, 0.4) is 0 Å². The monoisotopic (exact) mass is 507 g/mol. The van der Waals surface area contributed by atoms with Crippen molar-refractivity contribution in [3.05, 3.63) is 41.7 Å². The van der Waals surface area contributed by atoms with Crippen LogP contribution in [0, 0.1) is 11.3 Å². The first kappa shape index (κ1) is 24.9. The molecule has 0 aliphatic carbocycles. The molecule has 4 heterocycles. The molecule has 1 aromatic carbocycles. The number of hydrogen-bond donors (Lipinski definition) is 3. The number of nitrogens with one attached hydrogen (secondary N) is 1. The molecule has 3 N–H and O–H groups in total. The molecule has 2 aliphatic heterocycles. The molecule has 4 atom stereocenters. The van der Waals surface area contributed by atoms with Gasteiger partial charge in [-0.1, -0.05) is 12.1 Å². The number of amides is 1. The summed E-state index contributed by atoms with van der Waals surface area (Å²) in [4.78, 5) is 26.9. The molecule has 194 valence electrons. The number of fused-ring (bicyclic) bond motifs is 1. The van der Waals surface area contributed by atoms with Crippen LogP contribution in [0.5, 0.6) is 5.88 Å². The largest absolute Gasteiger partial charge is 0.471 e. The van der Waals surface area contributed by atoms with Crippen LogP contribution in [0.1, 0.15) is 44.0 Å². The number of ether oxygens (including phenoxy) is 2. The molecule has 0 saturated carbocycles. The van der Waals surface area contributed by atoms with Crippen molar-refractivity contribution in [2.75, 3.05) is 18.4 Å². The second-order valence-corrected chi connectivity index (χ2v) is 9.39. The van der Waals surface area contributed by atoms with Gasteiger partial charge in [-0.05, 0) is 37.5 Å². The Kier molecular flexibility index (Phi) is 6.92. The van der Waals surface area contributed by atoms with E-state index in [0.29, 0.717) is 35.8 Å². The quantitative estimate of drug-likeness (QED) is 0.444. The number of imidazole rings is 1. The van der Waals surface area contributed by atoms with Crippen LogP contribution in [0.15, 0.2) is 30.6 Å². The second-order valence-electron chi connectivity index (χ2n) is 9.39. The van der Waals surface area contributed by atoms with Crippen molar-refractivity contribution in [2.24, 2.45) is 0 Å². The highest BCUT2D eigenvalue weighted by molar-refractivity contribution is 5.79. The maximum absolute atomic E-state index is 11.7. The van der Waals surface area contributed by atoms with E-state index in [2.05, 4.69) is 21.4 Å². The van der Waals surface area contributed by atoms with Crippen molar-refractivity contribution in [3.8, 4) is 11.9 Å². The van der Waals surface area contributed by atoms with Gasteiger partial charge in [-0.2, -0.15) is 10.2 Å². The van der Waals surface area contributed by atoms with Gasteiger partial charge in [-0.3, -0.25) is 9.36 Å². The van der Waals surface area contributed by atoms with Crippen molar-refractivity contribution in [1.82, 2.24) is 24.4 Å². The normalized spacial score (nSPS) is 24.2. The summed E-state index contributed by atoms with van der Waals surface area (Å²) in [6.07, 6.45) is -0.958. The summed E-state index contributed by atoms with van der Waals surface area (Å²) in [6.45, 7) is 4.72. The first-order valence-electron chi connectivity index (χ1n) is 12.2. The Bertz CT molecular complexity index is 1310. The summed E-state index contributed by atoms with van der Waals surface area (Å²) in [7, 11) is 0. The van der Waals surface area contributed by atoms with Gasteiger partial charge in [-0.15, -0.1) is 0 Å². The molecule has 12 nitrogen and oxygen atoms in total. The number of aliphatic hydroxyl groups excluding tert-OH is 2. The van der Waals surface area contributed by atoms with E-state index in [9.17, 15) is 15.0 Å². The molecule has 0 radical (unpaired) electrons. The van der Waals surface area contributed by atoms with Crippen LogP contribution >= 0.6 is 0 Å². The molecule has 2 fully saturated rings. The van der Waals surface area contributed by atoms with E-state index < -0.39 is 24.5 Å². The molecule has 2 aromatic heterocycles. The number of nitriles is 1. The van der Waals surface area contributed by atoms with Crippen LogP contribution in [0.25, 0.3) is 11.2 Å². The number of piperidine rings is 1. The van der Waals surface area contributed by atoms with Gasteiger partial charge in [0, 0.05) is 26.1 Å². The minimum absolute atomic E-state index is 0.0306. The minimum atomic E-state index is -1.19. The van der Waals surface area contributed by atoms with Gasteiger partial charge < -0.3 is 29.9 Å². The Morgan fingerprint density at radius 3 is 2.57 bits per heavy atom. The second kappa shape index (κ2) is 10.3. The summed E-state index contributed by atoms with van der Waals surface area (Å²) in [5.41, 5.74) is 2.18. The summed E-state index contributed by atoms with van der Waals surface area (Å²) in [5.74, 6) is 0.712. The van der Waals surface area contributed by atoms with Gasteiger partial charge >= 0.3 is 0 Å². The highest BCUT2D eigenvalue weighted by Crippen LogP contribution is 2.36. The van der Waals surface area contributed by atoms with E-state index >= 15 is 0 Å². The molecule has 3 aromatic rings. The predicted molar refractivity (Wildman–Crippen MR) is 131 cm³/mol. The molecule has 0 spiro atoms. The minimum Gasteiger partial charge on any atom is -0.471 e. The fourth-order valence-electron chi connectivity index (χ4n) is 4.73. The number of hydrogen-bond acceptors (Lipinski definition) is 10. The van der Waals surface area contributed by atoms with E-state index in [0.717, 1.165) is 18.4 Å². The van der Waals surface area contributed by atoms with Crippen LogP contribution in [0.2, 0.25) is 0 Å². The molecule has 0 unspecified atom stereocenters. The fraction of sp³-hybridized carbons (Fsp3) is 0.480. The number of likely N-dealkylation sites (tertiary alicyclic amines) is 1. The van der Waals surface area contributed by atoms with Crippen molar-refractivity contribution < 1.29 is 24.5 Å². The lowest BCUT2D eigenvalue weighted by Crippen LogP contribution is -2.42. The molecule has 2 aliphatic rings. The number of carbonyl (C=O) groups is 1. The number of anilines is 1. The highest BCUT2D eigenvalue weighted by Gasteiger charge is 2.43. The Morgan fingerprint density at radius 1 is 1.22 bits per heavy atom. The van der Waals surface area contributed by atoms with E-state index in [4.69, 9.17) is 19.7 Å². The Hall–Kier alpha value is -3.79. The lowest BCUT2D eigenvalue weighted by atomic mass is 10.1. The third kappa shape index (κ3) is 4.93. The van der Waals surface area contributed by atoms with E-state index in [1.54, 1.807) is 42.7 Å². The van der Waals surface area contributed by atoms with E-state index in [1.165, 1.54) is 6.33 Å². The van der Waals surface area contributed by atoms with Crippen molar-refractivity contribution in [2.45, 2.75) is 63.9 Å². The third-order valence-corrected chi connectivity index (χ3v) is 6.91. The number of carbonyl (C=O) groups excluding carboxylic acids is 1. The average Bonchev–Trinajstić information content (AvgIpc) is 3.39. The van der Waals surface area contributed by atoms with Gasteiger partial charge in [0.1, 0.15) is 25.1 Å². The number of nitrogens with zero attached hydrogens (tertiary/aromatic N) is 6. The smallest absolute Gasteiger partial charge is 0.245 e. The van der Waals surface area contributed by atoms with Crippen LogP contribution in [0.4, 0.5) is 5.95 Å². The maximum Gasteiger partial charge on any atom is 0.245 e. The fourth-order valence-corrected chi connectivity index (χ4v) is 4.73. The number of aliphatic hydroxyl groups is 2. The van der Waals surface area contributed by atoms with Crippen molar-refractivity contribution in [3.63, 3.8) is 0 Å². The zero-order chi connectivity index (χ0) is 26.1. The van der Waals surface area contributed by atoms with Crippen LogP contribution < -0.4 is 10.1 Å². The molecule has 2 saturated heterocycles. The molecule has 12 heteroatoms. The third-order valence-electron chi connectivity index (χ3n) is 6.91. The number of aromatic nitrogens is 4. The zero-order valence-corrected chi connectivity index (χ0v) is 20.6. The topological polar surface area (TPSA) is 159 Å². The predicted octanol–water partition coefficient (Wildman–Crippen LogP) is 1.34. The summed E-state index contributed by atoms with van der Waals surface area (Å²) in [6, 6.07) is 9.16. The van der Waals surface area contributed by atoms with Gasteiger partial charge in [0.2, 0.25) is 17.7 Å². The first-order chi connectivity index (χ1) is 17.9.